The van der Waals surface area contributed by atoms with Gasteiger partial charge in [-0.2, -0.15) is 5.26 Å². The number of nitrogens with zero attached hydrogens (tertiary/aromatic N) is 1. The van der Waals surface area contributed by atoms with E-state index in [-0.39, 0.29) is 5.57 Å². The van der Waals surface area contributed by atoms with Gasteiger partial charge in [-0.3, -0.25) is 4.79 Å². The predicted molar refractivity (Wildman–Crippen MR) is 152 cm³/mol. The first-order valence-corrected chi connectivity index (χ1v) is 12.7. The molecule has 4 nitrogen and oxygen atoms in total. The van der Waals surface area contributed by atoms with Crippen molar-refractivity contribution in [2.24, 2.45) is 0 Å². The molecule has 0 aliphatic rings. The number of carbonyl (C=O) groups is 1. The van der Waals surface area contributed by atoms with Crippen LogP contribution in [0.2, 0.25) is 0 Å². The highest BCUT2D eigenvalue weighted by Crippen LogP contribution is 2.31. The topological polar surface area (TPSA) is 62.1 Å². The minimum Gasteiger partial charge on any atom is -0.487 e. The summed E-state index contributed by atoms with van der Waals surface area (Å²) in [4.78, 5) is 12.5. The van der Waals surface area contributed by atoms with E-state index in [1.165, 1.54) is 10.8 Å². The van der Waals surface area contributed by atoms with Crippen molar-refractivity contribution in [1.29, 1.82) is 5.26 Å². The van der Waals surface area contributed by atoms with Gasteiger partial charge in [0.1, 0.15) is 24.0 Å². The van der Waals surface area contributed by atoms with Crippen molar-refractivity contribution in [3.8, 4) is 11.8 Å². The van der Waals surface area contributed by atoms with Gasteiger partial charge in [-0.15, -0.1) is 0 Å². The molecular formula is C28H20I2N2O2. The number of rotatable bonds is 7. The third-order valence-electron chi connectivity index (χ3n) is 5.19. The molecule has 0 heterocycles. The molecule has 0 saturated heterocycles. The number of halogens is 2. The first-order chi connectivity index (χ1) is 16.5. The summed E-state index contributed by atoms with van der Waals surface area (Å²) in [6.45, 7) is 0.826. The first-order valence-electron chi connectivity index (χ1n) is 10.6. The standard InChI is InChI=1S/C28H20I2N2O2/c29-25-14-21(13-24(16-31)28(33)32-17-19-6-2-1-3-7-19)15-26(30)27(25)34-18-20-10-11-22-8-4-5-9-23(22)12-20/h1-15H,17-18H2,(H,32,33)/b24-13-. The largest absolute Gasteiger partial charge is 0.487 e. The van der Waals surface area contributed by atoms with Crippen LogP contribution in [0.4, 0.5) is 0 Å². The highest BCUT2D eigenvalue weighted by molar-refractivity contribution is 14.1. The average molecular weight is 670 g/mol. The van der Waals surface area contributed by atoms with Crippen LogP contribution in [0.5, 0.6) is 5.75 Å². The van der Waals surface area contributed by atoms with E-state index in [1.54, 1.807) is 6.08 Å². The fourth-order valence-corrected chi connectivity index (χ4v) is 5.60. The van der Waals surface area contributed by atoms with Crippen molar-refractivity contribution < 1.29 is 9.53 Å². The molecule has 34 heavy (non-hydrogen) atoms. The van der Waals surface area contributed by atoms with Crippen LogP contribution >= 0.6 is 45.2 Å². The molecule has 1 amide bonds. The number of hydrogen-bond acceptors (Lipinski definition) is 3. The maximum Gasteiger partial charge on any atom is 0.262 e. The molecule has 0 fully saturated rings. The lowest BCUT2D eigenvalue weighted by molar-refractivity contribution is -0.117. The van der Waals surface area contributed by atoms with Crippen molar-refractivity contribution in [1.82, 2.24) is 5.32 Å². The SMILES string of the molecule is N#C/C(=C/c1cc(I)c(OCc2ccc3ccccc3c2)c(I)c1)C(=O)NCc1ccccc1. The molecule has 0 aromatic heterocycles. The van der Waals surface area contributed by atoms with Crippen LogP contribution in [0.15, 0.2) is 90.5 Å². The molecule has 0 radical (unpaired) electrons. The molecule has 0 saturated carbocycles. The Labute approximate surface area is 225 Å². The quantitative estimate of drug-likeness (QED) is 0.133. The summed E-state index contributed by atoms with van der Waals surface area (Å²) in [6.07, 6.45) is 1.61. The minimum absolute atomic E-state index is 0.0624. The van der Waals surface area contributed by atoms with Gasteiger partial charge in [0.25, 0.3) is 5.91 Å². The summed E-state index contributed by atoms with van der Waals surface area (Å²) in [6, 6.07) is 30.0. The highest BCUT2D eigenvalue weighted by Gasteiger charge is 2.12. The lowest BCUT2D eigenvalue weighted by atomic mass is 10.1. The third-order valence-corrected chi connectivity index (χ3v) is 6.79. The van der Waals surface area contributed by atoms with Gasteiger partial charge in [0, 0.05) is 6.54 Å². The zero-order chi connectivity index (χ0) is 23.9. The average Bonchev–Trinajstić information content (AvgIpc) is 2.86. The van der Waals surface area contributed by atoms with E-state index < -0.39 is 5.91 Å². The van der Waals surface area contributed by atoms with E-state index in [9.17, 15) is 10.1 Å². The molecule has 0 aliphatic heterocycles. The molecular weight excluding hydrogens is 650 g/mol. The second-order valence-electron chi connectivity index (χ2n) is 7.62. The van der Waals surface area contributed by atoms with E-state index in [1.807, 2.05) is 60.7 Å². The van der Waals surface area contributed by atoms with Gasteiger partial charge < -0.3 is 10.1 Å². The van der Waals surface area contributed by atoms with Crippen LogP contribution in [0.3, 0.4) is 0 Å². The van der Waals surface area contributed by atoms with E-state index in [0.717, 1.165) is 29.6 Å². The minimum atomic E-state index is -0.395. The molecule has 0 bridgehead atoms. The third kappa shape index (κ3) is 6.15. The number of amides is 1. The molecule has 4 aromatic carbocycles. The summed E-state index contributed by atoms with van der Waals surface area (Å²) in [5, 5.41) is 14.7. The van der Waals surface area contributed by atoms with Gasteiger partial charge in [0.05, 0.1) is 7.14 Å². The molecule has 0 aliphatic carbocycles. The molecule has 0 unspecified atom stereocenters. The fraction of sp³-hybridized carbons (Fsp3) is 0.0714. The van der Waals surface area contributed by atoms with Gasteiger partial charge in [-0.1, -0.05) is 66.7 Å². The van der Waals surface area contributed by atoms with Gasteiger partial charge in [-0.05, 0) is 96.9 Å². The number of hydrogen-bond donors (Lipinski definition) is 1. The zero-order valence-corrected chi connectivity index (χ0v) is 22.4. The number of nitrogens with one attached hydrogen (secondary N) is 1. The number of fused-ring (bicyclic) bond motifs is 1. The normalized spacial score (nSPS) is 11.1. The lowest BCUT2D eigenvalue weighted by Crippen LogP contribution is -2.23. The summed E-state index contributed by atoms with van der Waals surface area (Å²) in [5.41, 5.74) is 2.91. The second kappa shape index (κ2) is 11.5. The summed E-state index contributed by atoms with van der Waals surface area (Å²) in [7, 11) is 0. The summed E-state index contributed by atoms with van der Waals surface area (Å²) >= 11 is 4.45. The van der Waals surface area contributed by atoms with Crippen molar-refractivity contribution in [3.63, 3.8) is 0 Å². The fourth-order valence-electron chi connectivity index (χ4n) is 3.47. The van der Waals surface area contributed by atoms with Crippen LogP contribution < -0.4 is 10.1 Å². The van der Waals surface area contributed by atoms with Crippen LogP contribution in [0.25, 0.3) is 16.8 Å². The van der Waals surface area contributed by atoms with Gasteiger partial charge in [0.2, 0.25) is 0 Å². The van der Waals surface area contributed by atoms with Crippen molar-refractivity contribution >= 4 is 67.9 Å². The van der Waals surface area contributed by atoms with Gasteiger partial charge in [0.15, 0.2) is 0 Å². The Bertz CT molecular complexity index is 1390. The van der Waals surface area contributed by atoms with E-state index >= 15 is 0 Å². The molecule has 4 aromatic rings. The second-order valence-corrected chi connectivity index (χ2v) is 9.95. The lowest BCUT2D eigenvalue weighted by Gasteiger charge is -2.12. The Balaban J connectivity index is 1.46. The summed E-state index contributed by atoms with van der Waals surface area (Å²) < 4.78 is 7.97. The number of ether oxygens (including phenoxy) is 1. The molecule has 4 rings (SSSR count). The highest BCUT2D eigenvalue weighted by atomic mass is 127. The van der Waals surface area contributed by atoms with Crippen molar-refractivity contribution in [2.75, 3.05) is 0 Å². The van der Waals surface area contributed by atoms with E-state index in [0.29, 0.717) is 13.2 Å². The molecule has 0 atom stereocenters. The molecule has 168 valence electrons. The van der Waals surface area contributed by atoms with E-state index in [4.69, 9.17) is 4.74 Å². The Morgan fingerprint density at radius 2 is 1.56 bits per heavy atom. The number of benzene rings is 4. The Kier molecular flexibility index (Phi) is 8.19. The Morgan fingerprint density at radius 1 is 0.882 bits per heavy atom. The van der Waals surface area contributed by atoms with E-state index in [2.05, 4.69) is 80.8 Å². The van der Waals surface area contributed by atoms with Crippen molar-refractivity contribution in [2.45, 2.75) is 13.2 Å². The number of nitriles is 1. The van der Waals surface area contributed by atoms with Crippen LogP contribution in [-0.2, 0) is 17.9 Å². The smallest absolute Gasteiger partial charge is 0.262 e. The molecule has 0 spiro atoms. The van der Waals surface area contributed by atoms with Gasteiger partial charge in [-0.25, -0.2) is 0 Å². The van der Waals surface area contributed by atoms with Crippen LogP contribution in [0, 0.1) is 18.5 Å². The Hall–Kier alpha value is -2.90. The number of carbonyl (C=O) groups excluding carboxylic acids is 1. The monoisotopic (exact) mass is 670 g/mol. The maximum atomic E-state index is 12.5. The van der Waals surface area contributed by atoms with Crippen LogP contribution in [-0.4, -0.2) is 5.91 Å². The molecule has 6 heteroatoms. The van der Waals surface area contributed by atoms with Crippen LogP contribution in [0.1, 0.15) is 16.7 Å². The van der Waals surface area contributed by atoms with Crippen molar-refractivity contribution in [3.05, 3.63) is 114 Å². The summed E-state index contributed by atoms with van der Waals surface area (Å²) in [5.74, 6) is 0.395. The maximum absolute atomic E-state index is 12.5. The molecule has 1 N–H and O–H groups in total. The zero-order valence-electron chi connectivity index (χ0n) is 18.1. The Morgan fingerprint density at radius 3 is 2.26 bits per heavy atom. The predicted octanol–water partition coefficient (Wildman–Crippen LogP) is 6.85. The first kappa shape index (κ1) is 24.2. The van der Waals surface area contributed by atoms with Gasteiger partial charge >= 0.3 is 0 Å².